The number of carbonyl (C=O) groups is 3. The molecule has 1 fully saturated rings. The van der Waals surface area contributed by atoms with E-state index in [-0.39, 0.29) is 18.2 Å². The van der Waals surface area contributed by atoms with Crippen molar-refractivity contribution in [1.82, 2.24) is 30.5 Å². The summed E-state index contributed by atoms with van der Waals surface area (Å²) in [6, 6.07) is 4.90. The molecule has 2 aromatic rings. The molecule has 1 saturated heterocycles. The summed E-state index contributed by atoms with van der Waals surface area (Å²) in [5, 5.41) is 13.8. The predicted octanol–water partition coefficient (Wildman–Crippen LogP) is 0.180. The van der Waals surface area contributed by atoms with Crippen molar-refractivity contribution in [2.75, 3.05) is 13.6 Å². The molecule has 0 bridgehead atoms. The summed E-state index contributed by atoms with van der Waals surface area (Å²) in [5.74, 6) is -0.869. The van der Waals surface area contributed by atoms with Gasteiger partial charge in [-0.3, -0.25) is 19.7 Å². The Morgan fingerprint density at radius 2 is 2.14 bits per heavy atom. The van der Waals surface area contributed by atoms with Crippen molar-refractivity contribution in [2.45, 2.75) is 38.3 Å². The molecule has 1 aromatic carbocycles. The van der Waals surface area contributed by atoms with Crippen LogP contribution >= 0.6 is 0 Å². The van der Waals surface area contributed by atoms with Gasteiger partial charge in [-0.25, -0.2) is 4.68 Å². The Morgan fingerprint density at radius 3 is 2.93 bits per heavy atom. The highest BCUT2D eigenvalue weighted by molar-refractivity contribution is 6.05. The minimum absolute atomic E-state index is 0.178. The van der Waals surface area contributed by atoms with E-state index in [2.05, 4.69) is 20.9 Å². The second-order valence-corrected chi connectivity index (χ2v) is 7.10. The number of carbonyl (C=O) groups excluding carboxylic acids is 3. The van der Waals surface area contributed by atoms with Crippen molar-refractivity contribution in [3.63, 3.8) is 0 Å². The van der Waals surface area contributed by atoms with Crippen LogP contribution in [0.4, 0.5) is 0 Å². The molecule has 0 radical (unpaired) electrons. The molecule has 3 heterocycles. The smallest absolute Gasteiger partial charge is 0.255 e. The summed E-state index contributed by atoms with van der Waals surface area (Å²) in [4.78, 5) is 37.8. The average molecular weight is 382 g/mol. The molecule has 28 heavy (non-hydrogen) atoms. The second-order valence-electron chi connectivity index (χ2n) is 7.10. The first-order valence-electron chi connectivity index (χ1n) is 9.40. The van der Waals surface area contributed by atoms with Gasteiger partial charge in [0.2, 0.25) is 11.8 Å². The van der Waals surface area contributed by atoms with Gasteiger partial charge in [-0.15, -0.1) is 5.10 Å². The Balaban J connectivity index is 1.51. The van der Waals surface area contributed by atoms with Gasteiger partial charge in [0.05, 0.1) is 17.6 Å². The molecule has 9 nitrogen and oxygen atoms in total. The number of aromatic nitrogens is 3. The molecule has 0 aliphatic carbocycles. The van der Waals surface area contributed by atoms with Gasteiger partial charge in [0.15, 0.2) is 0 Å². The van der Waals surface area contributed by atoms with Gasteiger partial charge in [-0.05, 0) is 56.6 Å². The van der Waals surface area contributed by atoms with Gasteiger partial charge < -0.3 is 10.2 Å². The molecule has 0 spiro atoms. The fraction of sp³-hybridized carbons (Fsp3) is 0.421. The average Bonchev–Trinajstić information content (AvgIpc) is 3.27. The standard InChI is InChI=1S/C19H22N6O3/c1-20-8-2-3-13-11-25(23-22-13)14-4-5-15-12(9-14)10-24(19(15)28)16-6-7-17(26)21-18(16)27/h4-5,9,11,16,20H,2-3,6-8,10H2,1H3,(H,21,26,27). The number of hydrogen-bond acceptors (Lipinski definition) is 6. The van der Waals surface area contributed by atoms with Crippen LogP contribution in [0, 0.1) is 0 Å². The van der Waals surface area contributed by atoms with E-state index in [0.29, 0.717) is 18.5 Å². The Hall–Kier alpha value is -3.07. The van der Waals surface area contributed by atoms with Crippen molar-refractivity contribution >= 4 is 17.7 Å². The molecule has 2 aliphatic rings. The lowest BCUT2D eigenvalue weighted by Gasteiger charge is -2.29. The molecule has 4 rings (SSSR count). The molecule has 1 unspecified atom stereocenters. The van der Waals surface area contributed by atoms with Crippen LogP contribution in [0.2, 0.25) is 0 Å². The maximum atomic E-state index is 12.7. The lowest BCUT2D eigenvalue weighted by Crippen LogP contribution is -2.52. The Morgan fingerprint density at radius 1 is 1.29 bits per heavy atom. The van der Waals surface area contributed by atoms with E-state index < -0.39 is 11.9 Å². The molecule has 2 aliphatic heterocycles. The maximum Gasteiger partial charge on any atom is 0.255 e. The van der Waals surface area contributed by atoms with Gasteiger partial charge in [0, 0.05) is 18.5 Å². The Kier molecular flexibility index (Phi) is 4.91. The highest BCUT2D eigenvalue weighted by atomic mass is 16.2. The Bertz CT molecular complexity index is 938. The number of piperidine rings is 1. The number of hydrogen-bond donors (Lipinski definition) is 2. The van der Waals surface area contributed by atoms with Crippen LogP contribution in [0.15, 0.2) is 24.4 Å². The number of fused-ring (bicyclic) bond motifs is 1. The zero-order valence-electron chi connectivity index (χ0n) is 15.6. The number of rotatable bonds is 6. The fourth-order valence-corrected chi connectivity index (χ4v) is 3.69. The fourth-order valence-electron chi connectivity index (χ4n) is 3.69. The van der Waals surface area contributed by atoms with Crippen LogP contribution in [0.5, 0.6) is 0 Å². The highest BCUT2D eigenvalue weighted by Gasteiger charge is 2.39. The van der Waals surface area contributed by atoms with Crippen molar-refractivity contribution in [1.29, 1.82) is 0 Å². The van der Waals surface area contributed by atoms with Crippen LogP contribution in [-0.4, -0.2) is 57.2 Å². The molecule has 3 amide bonds. The van der Waals surface area contributed by atoms with Crippen molar-refractivity contribution < 1.29 is 14.4 Å². The Labute approximate surface area is 162 Å². The molecule has 1 atom stereocenters. The zero-order chi connectivity index (χ0) is 19.7. The van der Waals surface area contributed by atoms with Crippen LogP contribution < -0.4 is 10.6 Å². The normalized spacial score (nSPS) is 19.1. The second kappa shape index (κ2) is 7.51. The van der Waals surface area contributed by atoms with Crippen LogP contribution in [0.3, 0.4) is 0 Å². The maximum absolute atomic E-state index is 12.7. The summed E-state index contributed by atoms with van der Waals surface area (Å²) in [6.07, 6.45) is 4.32. The summed E-state index contributed by atoms with van der Waals surface area (Å²) >= 11 is 0. The van der Waals surface area contributed by atoms with Crippen molar-refractivity contribution in [3.8, 4) is 5.69 Å². The number of amides is 3. The van der Waals surface area contributed by atoms with E-state index in [4.69, 9.17) is 0 Å². The van der Waals surface area contributed by atoms with Crippen molar-refractivity contribution in [2.24, 2.45) is 0 Å². The lowest BCUT2D eigenvalue weighted by atomic mass is 10.0. The minimum Gasteiger partial charge on any atom is -0.322 e. The van der Waals surface area contributed by atoms with Crippen LogP contribution in [0.25, 0.3) is 5.69 Å². The van der Waals surface area contributed by atoms with Crippen LogP contribution in [0.1, 0.15) is 40.9 Å². The summed E-state index contributed by atoms with van der Waals surface area (Å²) in [6.45, 7) is 1.27. The monoisotopic (exact) mass is 382 g/mol. The number of imide groups is 1. The molecular formula is C19H22N6O3. The third kappa shape index (κ3) is 3.40. The SMILES string of the molecule is CNCCCc1cn(-c2ccc3c(c2)CN(C2CCC(=O)NC2=O)C3=O)nn1. The zero-order valence-corrected chi connectivity index (χ0v) is 15.6. The predicted molar refractivity (Wildman–Crippen MR) is 99.7 cm³/mol. The largest absolute Gasteiger partial charge is 0.322 e. The lowest BCUT2D eigenvalue weighted by molar-refractivity contribution is -0.136. The van der Waals surface area contributed by atoms with E-state index in [9.17, 15) is 14.4 Å². The number of benzene rings is 1. The van der Waals surface area contributed by atoms with E-state index >= 15 is 0 Å². The van der Waals surface area contributed by atoms with Gasteiger partial charge in [0.25, 0.3) is 5.91 Å². The molecular weight excluding hydrogens is 360 g/mol. The van der Waals surface area contributed by atoms with Gasteiger partial charge >= 0.3 is 0 Å². The first kappa shape index (κ1) is 18.3. The molecule has 1 aromatic heterocycles. The van der Waals surface area contributed by atoms with Crippen LogP contribution in [-0.2, 0) is 22.6 Å². The number of nitrogens with zero attached hydrogens (tertiary/aromatic N) is 4. The van der Waals surface area contributed by atoms with Gasteiger partial charge in [-0.1, -0.05) is 5.21 Å². The van der Waals surface area contributed by atoms with E-state index in [0.717, 1.165) is 36.3 Å². The molecule has 2 N–H and O–H groups in total. The number of aryl methyl sites for hydroxylation is 1. The molecule has 9 heteroatoms. The third-order valence-corrected chi connectivity index (χ3v) is 5.17. The first-order chi connectivity index (χ1) is 13.6. The van der Waals surface area contributed by atoms with Gasteiger partial charge in [0.1, 0.15) is 6.04 Å². The summed E-state index contributed by atoms with van der Waals surface area (Å²) < 4.78 is 1.70. The molecule has 146 valence electrons. The van der Waals surface area contributed by atoms with Gasteiger partial charge in [-0.2, -0.15) is 0 Å². The quantitative estimate of drug-likeness (QED) is 0.545. The first-order valence-corrected chi connectivity index (χ1v) is 9.40. The van der Waals surface area contributed by atoms with Crippen molar-refractivity contribution in [3.05, 3.63) is 41.2 Å². The number of nitrogens with one attached hydrogen (secondary N) is 2. The topological polar surface area (TPSA) is 109 Å². The van der Waals surface area contributed by atoms with E-state index in [1.807, 2.05) is 25.4 Å². The molecule has 0 saturated carbocycles. The highest BCUT2D eigenvalue weighted by Crippen LogP contribution is 2.29. The minimum atomic E-state index is -0.605. The van der Waals surface area contributed by atoms with E-state index in [1.54, 1.807) is 15.6 Å². The third-order valence-electron chi connectivity index (χ3n) is 5.17. The summed E-state index contributed by atoms with van der Waals surface area (Å²) in [7, 11) is 1.92. The summed E-state index contributed by atoms with van der Waals surface area (Å²) in [5.41, 5.74) is 3.17. The van der Waals surface area contributed by atoms with E-state index in [1.165, 1.54) is 0 Å².